The minimum absolute atomic E-state index is 0. The van der Waals surface area contributed by atoms with Crippen molar-refractivity contribution in [3.8, 4) is 11.1 Å². The average Bonchev–Trinajstić information content (AvgIpc) is 2.89. The van der Waals surface area contributed by atoms with Crippen molar-refractivity contribution in [2.24, 2.45) is 5.16 Å². The van der Waals surface area contributed by atoms with E-state index in [1.54, 1.807) is 6.73 Å². The monoisotopic (exact) mass is 413 g/mol. The summed E-state index contributed by atoms with van der Waals surface area (Å²) in [6, 6.07) is 17.4. The van der Waals surface area contributed by atoms with E-state index in [4.69, 9.17) is 4.84 Å². The van der Waals surface area contributed by atoms with Gasteiger partial charge in [-0.05, 0) is 6.73 Å². The Hall–Kier alpha value is -1.64. The van der Waals surface area contributed by atoms with Crippen molar-refractivity contribution in [3.63, 3.8) is 0 Å². The number of fused-ring (bicyclic) bond motifs is 6. The molecule has 4 rings (SSSR count). The number of rotatable bonds is 0. The van der Waals surface area contributed by atoms with Gasteiger partial charge in [-0.3, -0.25) is 0 Å². The minimum Gasteiger partial charge on any atom is -0.544 e. The molecule has 18 heavy (non-hydrogen) atoms. The molecule has 0 saturated heterocycles. The Morgan fingerprint density at radius 3 is 2.72 bits per heavy atom. The van der Waals surface area contributed by atoms with Crippen LogP contribution in [0.1, 0.15) is 5.56 Å². The average molecular weight is 412 g/mol. The summed E-state index contributed by atoms with van der Waals surface area (Å²) in [5.74, 6) is 0.829. The molecule has 0 atom stereocenters. The summed E-state index contributed by atoms with van der Waals surface area (Å²) in [7, 11) is 0. The first-order chi connectivity index (χ1) is 8.45. The quantitative estimate of drug-likeness (QED) is 0.622. The van der Waals surface area contributed by atoms with Gasteiger partial charge >= 0.3 is 0 Å². The van der Waals surface area contributed by atoms with Crippen LogP contribution in [0.25, 0.3) is 11.1 Å². The van der Waals surface area contributed by atoms with E-state index in [1.807, 2.05) is 29.2 Å². The third kappa shape index (κ3) is 1.43. The number of anilines is 1. The number of oxime groups is 1. The van der Waals surface area contributed by atoms with Crippen LogP contribution in [0.4, 0.5) is 5.69 Å². The summed E-state index contributed by atoms with van der Waals surface area (Å²) in [5.41, 5.74) is 4.41. The van der Waals surface area contributed by atoms with Gasteiger partial charge in [-0.1, -0.05) is 35.5 Å². The van der Waals surface area contributed by atoms with Gasteiger partial charge in [0, 0.05) is 25.7 Å². The maximum absolute atomic E-state index is 5.07. The molecule has 0 spiro atoms. The Morgan fingerprint density at radius 1 is 1.06 bits per heavy atom. The molecule has 0 saturated carbocycles. The largest absolute Gasteiger partial charge is 0.544 e. The van der Waals surface area contributed by atoms with Crippen LogP contribution < -0.4 is 4.90 Å². The standard InChI is InChI=1S/C14H8N2O.Ir/c1-2-7-12-10(5-1)11-6-3-4-8-13(11)16-9-17-15-14(12)16;/h1-7,9H;/q-2;. The van der Waals surface area contributed by atoms with E-state index >= 15 is 0 Å². The number of amidine groups is 1. The Kier molecular flexibility index (Phi) is 2.69. The predicted molar refractivity (Wildman–Crippen MR) is 65.1 cm³/mol. The van der Waals surface area contributed by atoms with E-state index in [0.29, 0.717) is 0 Å². The first kappa shape index (κ1) is 11.4. The van der Waals surface area contributed by atoms with Crippen molar-refractivity contribution in [1.29, 1.82) is 0 Å². The molecule has 0 N–H and O–H groups in total. The summed E-state index contributed by atoms with van der Waals surface area (Å²) in [6.07, 6.45) is 0. The fourth-order valence-electron chi connectivity index (χ4n) is 2.31. The number of hydrogen-bond donors (Lipinski definition) is 0. The van der Waals surface area contributed by atoms with Crippen molar-refractivity contribution < 1.29 is 24.9 Å². The topological polar surface area (TPSA) is 24.8 Å². The van der Waals surface area contributed by atoms with Crippen LogP contribution >= 0.6 is 0 Å². The zero-order valence-corrected chi connectivity index (χ0v) is 11.6. The number of para-hydroxylation sites is 1. The molecule has 0 unspecified atom stereocenters. The molecule has 2 aliphatic rings. The summed E-state index contributed by atoms with van der Waals surface area (Å²) in [4.78, 5) is 7.00. The summed E-state index contributed by atoms with van der Waals surface area (Å²) < 4.78 is 0. The van der Waals surface area contributed by atoms with Gasteiger partial charge in [0.05, 0.1) is 0 Å². The van der Waals surface area contributed by atoms with Crippen LogP contribution in [0.3, 0.4) is 0 Å². The molecule has 0 amide bonds. The molecule has 0 aliphatic carbocycles. The number of hydrogen-bond acceptors (Lipinski definition) is 3. The van der Waals surface area contributed by atoms with Crippen LogP contribution in [0.15, 0.2) is 47.6 Å². The molecule has 2 aliphatic heterocycles. The number of benzene rings is 2. The van der Waals surface area contributed by atoms with Gasteiger partial charge in [-0.15, -0.1) is 10.7 Å². The Balaban J connectivity index is 0.000001000. The maximum Gasteiger partial charge on any atom is 0.148 e. The Morgan fingerprint density at radius 2 is 1.83 bits per heavy atom. The van der Waals surface area contributed by atoms with Crippen LogP contribution in [0.2, 0.25) is 0 Å². The predicted octanol–water partition coefficient (Wildman–Crippen LogP) is 2.78. The van der Waals surface area contributed by atoms with Crippen molar-refractivity contribution in [3.05, 3.63) is 60.8 Å². The van der Waals surface area contributed by atoms with E-state index in [0.717, 1.165) is 22.6 Å². The first-order valence-electron chi connectivity index (χ1n) is 5.42. The number of nitrogens with zero attached hydrogens (tertiary/aromatic N) is 2. The summed E-state index contributed by atoms with van der Waals surface area (Å²) >= 11 is 0. The Bertz CT molecular complexity index is 639. The molecule has 0 aromatic heterocycles. The van der Waals surface area contributed by atoms with Gasteiger partial charge in [0.25, 0.3) is 0 Å². The minimum atomic E-state index is 0. The van der Waals surface area contributed by atoms with Gasteiger partial charge in [-0.2, -0.15) is 24.3 Å². The maximum atomic E-state index is 5.07. The van der Waals surface area contributed by atoms with Crippen LogP contribution in [0, 0.1) is 12.8 Å². The van der Waals surface area contributed by atoms with E-state index in [-0.39, 0.29) is 20.1 Å². The van der Waals surface area contributed by atoms with Gasteiger partial charge in [0.15, 0.2) is 0 Å². The second-order valence-electron chi connectivity index (χ2n) is 3.97. The second kappa shape index (κ2) is 4.23. The Labute approximate surface area is 118 Å². The van der Waals surface area contributed by atoms with E-state index < -0.39 is 0 Å². The van der Waals surface area contributed by atoms with Crippen molar-refractivity contribution in [2.45, 2.75) is 0 Å². The normalized spacial score (nSPS) is 14.7. The molecule has 3 nitrogen and oxygen atoms in total. The van der Waals surface area contributed by atoms with E-state index in [1.165, 1.54) is 5.56 Å². The zero-order chi connectivity index (χ0) is 11.2. The van der Waals surface area contributed by atoms with Gasteiger partial charge in [-0.25, -0.2) is 0 Å². The second-order valence-corrected chi connectivity index (χ2v) is 3.97. The van der Waals surface area contributed by atoms with Crippen LogP contribution in [0.5, 0.6) is 0 Å². The van der Waals surface area contributed by atoms with Crippen molar-refractivity contribution in [1.82, 2.24) is 0 Å². The smallest absolute Gasteiger partial charge is 0.148 e. The van der Waals surface area contributed by atoms with Gasteiger partial charge < -0.3 is 9.74 Å². The van der Waals surface area contributed by atoms with Crippen molar-refractivity contribution >= 4 is 11.5 Å². The summed E-state index contributed by atoms with van der Waals surface area (Å²) in [6.45, 7) is 1.61. The van der Waals surface area contributed by atoms with Crippen molar-refractivity contribution in [2.75, 3.05) is 4.90 Å². The van der Waals surface area contributed by atoms with Gasteiger partial charge in [0.1, 0.15) is 5.84 Å². The molecule has 4 heteroatoms. The molecule has 2 heterocycles. The SMILES string of the molecule is [Ir].[c-]1cccc2c1N1[CH-]ON=C1c1ccccc1-2. The molecule has 91 valence electrons. The van der Waals surface area contributed by atoms with Crippen LogP contribution in [-0.2, 0) is 24.9 Å². The molecular weight excluding hydrogens is 404 g/mol. The third-order valence-electron chi connectivity index (χ3n) is 3.05. The fourth-order valence-corrected chi connectivity index (χ4v) is 2.31. The zero-order valence-electron chi connectivity index (χ0n) is 9.25. The molecule has 1 radical (unpaired) electrons. The first-order valence-corrected chi connectivity index (χ1v) is 5.42. The van der Waals surface area contributed by atoms with Crippen LogP contribution in [-0.4, -0.2) is 5.84 Å². The molecule has 2 aromatic rings. The molecule has 2 aromatic carbocycles. The molecular formula is C14H8IrN2O-2. The van der Waals surface area contributed by atoms with E-state index in [9.17, 15) is 0 Å². The summed E-state index contributed by atoms with van der Waals surface area (Å²) in [5, 5.41) is 4.06. The fraction of sp³-hybridized carbons (Fsp3) is 0. The molecule has 0 fully saturated rings. The molecule has 0 bridgehead atoms. The van der Waals surface area contributed by atoms with Gasteiger partial charge in [0.2, 0.25) is 0 Å². The van der Waals surface area contributed by atoms with E-state index in [2.05, 4.69) is 29.4 Å². The third-order valence-corrected chi connectivity index (χ3v) is 3.05.